The molecule has 1 saturated carbocycles. The lowest BCUT2D eigenvalue weighted by molar-refractivity contribution is 0.542. The maximum absolute atomic E-state index is 9.04. The minimum atomic E-state index is -0.0403. The van der Waals surface area contributed by atoms with E-state index in [1.54, 1.807) is 0 Å². The molecule has 13 heavy (non-hydrogen) atoms. The van der Waals surface area contributed by atoms with Crippen molar-refractivity contribution in [2.24, 2.45) is 5.41 Å². The highest BCUT2D eigenvalue weighted by Crippen LogP contribution is 2.55. The van der Waals surface area contributed by atoms with Gasteiger partial charge in [-0.25, -0.2) is 0 Å². The predicted octanol–water partition coefficient (Wildman–Crippen LogP) is 3.09. The summed E-state index contributed by atoms with van der Waals surface area (Å²) in [4.78, 5) is 0. The largest absolute Gasteiger partial charge is 0.198 e. The minimum absolute atomic E-state index is 0.0403. The molecule has 0 radical (unpaired) electrons. The zero-order valence-corrected chi connectivity index (χ0v) is 7.83. The summed E-state index contributed by atoms with van der Waals surface area (Å²) in [5, 5.41) is 9.04. The Morgan fingerprint density at radius 1 is 1.31 bits per heavy atom. The van der Waals surface area contributed by atoms with Crippen LogP contribution in [0.2, 0.25) is 0 Å². The van der Waals surface area contributed by atoms with Gasteiger partial charge in [-0.3, -0.25) is 0 Å². The summed E-state index contributed by atoms with van der Waals surface area (Å²) in [5.74, 6) is 0.388. The van der Waals surface area contributed by atoms with Crippen LogP contribution in [0.15, 0.2) is 30.3 Å². The molecular weight excluding hydrogens is 158 g/mol. The lowest BCUT2D eigenvalue weighted by atomic mass is 9.86. The highest BCUT2D eigenvalue weighted by atomic mass is 14.5. The summed E-state index contributed by atoms with van der Waals surface area (Å²) in [6.45, 7) is 2.16. The van der Waals surface area contributed by atoms with Gasteiger partial charge in [-0.05, 0) is 24.3 Å². The maximum atomic E-state index is 9.04. The molecule has 1 aliphatic carbocycles. The first-order chi connectivity index (χ1) is 6.28. The van der Waals surface area contributed by atoms with Crippen molar-refractivity contribution < 1.29 is 0 Å². The van der Waals surface area contributed by atoms with Crippen molar-refractivity contribution in [1.82, 2.24) is 0 Å². The summed E-state index contributed by atoms with van der Waals surface area (Å²) in [6.07, 6.45) is 2.14. The molecule has 1 atom stereocenters. The molecule has 1 nitrogen and oxygen atoms in total. The molecule has 1 aromatic carbocycles. The van der Waals surface area contributed by atoms with Crippen LogP contribution in [0.3, 0.4) is 0 Å². The molecule has 0 aliphatic heterocycles. The molecule has 1 fully saturated rings. The fourth-order valence-corrected chi connectivity index (χ4v) is 1.84. The molecule has 1 aliphatic rings. The van der Waals surface area contributed by atoms with Crippen LogP contribution < -0.4 is 0 Å². The van der Waals surface area contributed by atoms with Crippen LogP contribution in [0.1, 0.15) is 31.2 Å². The summed E-state index contributed by atoms with van der Waals surface area (Å²) < 4.78 is 0. The quantitative estimate of drug-likeness (QED) is 0.670. The van der Waals surface area contributed by atoms with Gasteiger partial charge >= 0.3 is 0 Å². The third-order valence-corrected chi connectivity index (χ3v) is 3.14. The molecule has 66 valence electrons. The number of nitriles is 1. The van der Waals surface area contributed by atoms with Crippen LogP contribution in [0, 0.1) is 16.7 Å². The van der Waals surface area contributed by atoms with E-state index in [0.29, 0.717) is 5.92 Å². The summed E-state index contributed by atoms with van der Waals surface area (Å²) in [7, 11) is 0. The summed E-state index contributed by atoms with van der Waals surface area (Å²) in [6, 6.07) is 12.8. The molecule has 0 bridgehead atoms. The smallest absolute Gasteiger partial charge is 0.0696 e. The first-order valence-electron chi connectivity index (χ1n) is 4.75. The molecule has 2 rings (SSSR count). The number of hydrogen-bond acceptors (Lipinski definition) is 1. The first kappa shape index (κ1) is 8.31. The van der Waals surface area contributed by atoms with Gasteiger partial charge in [0.15, 0.2) is 0 Å². The zero-order valence-electron chi connectivity index (χ0n) is 7.83. The summed E-state index contributed by atoms with van der Waals surface area (Å²) >= 11 is 0. The topological polar surface area (TPSA) is 23.8 Å². The third-order valence-electron chi connectivity index (χ3n) is 3.14. The van der Waals surface area contributed by atoms with Gasteiger partial charge in [-0.15, -0.1) is 0 Å². The van der Waals surface area contributed by atoms with Crippen LogP contribution in [0.4, 0.5) is 0 Å². The Hall–Kier alpha value is -1.29. The fraction of sp³-hybridized carbons (Fsp3) is 0.417. The van der Waals surface area contributed by atoms with E-state index < -0.39 is 0 Å². The lowest BCUT2D eigenvalue weighted by Crippen LogP contribution is -2.08. The fourth-order valence-electron chi connectivity index (χ4n) is 1.84. The van der Waals surface area contributed by atoms with Crippen molar-refractivity contribution >= 4 is 0 Å². The van der Waals surface area contributed by atoms with Crippen molar-refractivity contribution in [3.63, 3.8) is 0 Å². The van der Waals surface area contributed by atoms with Crippen LogP contribution in [0.25, 0.3) is 0 Å². The lowest BCUT2D eigenvalue weighted by Gasteiger charge is -2.16. The second-order valence-corrected chi connectivity index (χ2v) is 3.90. The van der Waals surface area contributed by atoms with Gasteiger partial charge in [0.1, 0.15) is 0 Å². The minimum Gasteiger partial charge on any atom is -0.198 e. The number of rotatable bonds is 2. The standard InChI is InChI=1S/C12H13N/c1-10(12(9-13)7-8-12)11-5-3-2-4-6-11/h2-6,10H,7-8H2,1H3. The van der Waals surface area contributed by atoms with Crippen LogP contribution in [-0.4, -0.2) is 0 Å². The highest BCUT2D eigenvalue weighted by molar-refractivity contribution is 5.28. The zero-order chi connectivity index (χ0) is 9.31. The number of hydrogen-bond donors (Lipinski definition) is 0. The van der Waals surface area contributed by atoms with Crippen molar-refractivity contribution in [1.29, 1.82) is 5.26 Å². The van der Waals surface area contributed by atoms with Crippen LogP contribution >= 0.6 is 0 Å². The number of nitrogens with zero attached hydrogens (tertiary/aromatic N) is 1. The van der Waals surface area contributed by atoms with Gasteiger partial charge < -0.3 is 0 Å². The van der Waals surface area contributed by atoms with E-state index in [0.717, 1.165) is 12.8 Å². The van der Waals surface area contributed by atoms with E-state index >= 15 is 0 Å². The molecule has 0 saturated heterocycles. The van der Waals surface area contributed by atoms with Crippen molar-refractivity contribution in [3.05, 3.63) is 35.9 Å². The van der Waals surface area contributed by atoms with E-state index in [1.807, 2.05) is 18.2 Å². The molecule has 0 N–H and O–H groups in total. The van der Waals surface area contributed by atoms with Gasteiger partial charge in [-0.1, -0.05) is 37.3 Å². The Bertz CT molecular complexity index is 330. The Morgan fingerprint density at radius 2 is 1.92 bits per heavy atom. The second-order valence-electron chi connectivity index (χ2n) is 3.90. The molecule has 1 unspecified atom stereocenters. The molecule has 0 aromatic heterocycles. The Labute approximate surface area is 79.0 Å². The van der Waals surface area contributed by atoms with E-state index in [2.05, 4.69) is 25.1 Å². The van der Waals surface area contributed by atoms with E-state index in [4.69, 9.17) is 5.26 Å². The van der Waals surface area contributed by atoms with Gasteiger partial charge in [0, 0.05) is 0 Å². The van der Waals surface area contributed by atoms with Crippen molar-refractivity contribution in [2.45, 2.75) is 25.7 Å². The van der Waals surface area contributed by atoms with E-state index in [9.17, 15) is 0 Å². The molecule has 0 heterocycles. The SMILES string of the molecule is CC(c1ccccc1)C1(C#N)CC1. The molecule has 0 spiro atoms. The molecular formula is C12H13N. The Kier molecular flexibility index (Phi) is 1.84. The molecule has 0 amide bonds. The van der Waals surface area contributed by atoms with Crippen LogP contribution in [-0.2, 0) is 0 Å². The first-order valence-corrected chi connectivity index (χ1v) is 4.75. The summed E-state index contributed by atoms with van der Waals surface area (Å²) in [5.41, 5.74) is 1.25. The highest BCUT2D eigenvalue weighted by Gasteiger charge is 2.48. The number of benzene rings is 1. The van der Waals surface area contributed by atoms with Crippen molar-refractivity contribution in [3.8, 4) is 6.07 Å². The average Bonchev–Trinajstić information content (AvgIpc) is 2.99. The molecule has 1 heteroatoms. The maximum Gasteiger partial charge on any atom is 0.0696 e. The van der Waals surface area contributed by atoms with E-state index in [-0.39, 0.29) is 5.41 Å². The van der Waals surface area contributed by atoms with Gasteiger partial charge in [0.05, 0.1) is 11.5 Å². The van der Waals surface area contributed by atoms with Gasteiger partial charge in [0.2, 0.25) is 0 Å². The van der Waals surface area contributed by atoms with Gasteiger partial charge in [0.25, 0.3) is 0 Å². The Morgan fingerprint density at radius 3 is 2.38 bits per heavy atom. The predicted molar refractivity (Wildman–Crippen MR) is 52.1 cm³/mol. The Balaban J connectivity index is 2.24. The molecule has 1 aromatic rings. The third kappa shape index (κ3) is 1.33. The van der Waals surface area contributed by atoms with Gasteiger partial charge in [-0.2, -0.15) is 5.26 Å². The van der Waals surface area contributed by atoms with Crippen molar-refractivity contribution in [2.75, 3.05) is 0 Å². The van der Waals surface area contributed by atoms with Crippen LogP contribution in [0.5, 0.6) is 0 Å². The normalized spacial score (nSPS) is 20.3. The average molecular weight is 171 g/mol. The monoisotopic (exact) mass is 171 g/mol. The van der Waals surface area contributed by atoms with E-state index in [1.165, 1.54) is 5.56 Å². The second kappa shape index (κ2) is 2.88.